The number of aromatic amines is 1. The second-order valence-corrected chi connectivity index (χ2v) is 7.31. The molecule has 10 nitrogen and oxygen atoms in total. The number of fused-ring (bicyclic) bond motifs is 1. The summed E-state index contributed by atoms with van der Waals surface area (Å²) in [6, 6.07) is 13.0. The van der Waals surface area contributed by atoms with Crippen molar-refractivity contribution >= 4 is 46.7 Å². The maximum absolute atomic E-state index is 11.9. The van der Waals surface area contributed by atoms with Crippen LogP contribution in [0.4, 0.5) is 5.69 Å². The summed E-state index contributed by atoms with van der Waals surface area (Å²) in [4.78, 5) is 35.7. The van der Waals surface area contributed by atoms with Gasteiger partial charge in [-0.25, -0.2) is 4.79 Å². The van der Waals surface area contributed by atoms with Gasteiger partial charge in [-0.15, -0.1) is 12.4 Å². The van der Waals surface area contributed by atoms with E-state index >= 15 is 0 Å². The van der Waals surface area contributed by atoms with Gasteiger partial charge in [-0.2, -0.15) is 0 Å². The van der Waals surface area contributed by atoms with Crippen LogP contribution in [-0.2, 0) is 19.1 Å². The van der Waals surface area contributed by atoms with E-state index in [-0.39, 0.29) is 30.6 Å². The summed E-state index contributed by atoms with van der Waals surface area (Å²) >= 11 is 0. The highest BCUT2D eigenvalue weighted by Crippen LogP contribution is 2.26. The van der Waals surface area contributed by atoms with Crippen molar-refractivity contribution in [3.63, 3.8) is 0 Å². The average Bonchev–Trinajstić information content (AvgIpc) is 3.19. The number of hydrogen-bond acceptors (Lipinski definition) is 9. The number of nitrogens with one attached hydrogen (secondary N) is 2. The summed E-state index contributed by atoms with van der Waals surface area (Å²) < 4.78 is 19.6. The molecule has 0 radical (unpaired) electrons. The first-order valence-electron chi connectivity index (χ1n) is 11.3. The molecule has 204 valence electrons. The van der Waals surface area contributed by atoms with E-state index in [1.165, 1.54) is 6.92 Å². The average molecular weight is 538 g/mol. The number of anilines is 1. The number of carbonyl (C=O) groups excluding carboxylic acids is 3. The van der Waals surface area contributed by atoms with Crippen LogP contribution in [0.2, 0.25) is 0 Å². The zero-order valence-electron chi connectivity index (χ0n) is 22.0. The third-order valence-corrected chi connectivity index (χ3v) is 4.63. The predicted molar refractivity (Wildman–Crippen MR) is 146 cm³/mol. The third-order valence-electron chi connectivity index (χ3n) is 4.63. The molecule has 0 saturated heterocycles. The van der Waals surface area contributed by atoms with Crippen LogP contribution in [0.15, 0.2) is 42.5 Å². The molecule has 1 heterocycles. The normalized spacial score (nSPS) is 9.38. The van der Waals surface area contributed by atoms with Gasteiger partial charge in [0.15, 0.2) is 0 Å². The van der Waals surface area contributed by atoms with E-state index in [9.17, 15) is 14.4 Å². The Balaban J connectivity index is 0.000000560. The molecule has 2 aromatic carbocycles. The van der Waals surface area contributed by atoms with Crippen molar-refractivity contribution in [1.82, 2.24) is 4.98 Å². The van der Waals surface area contributed by atoms with E-state index in [1.807, 2.05) is 49.4 Å². The number of ether oxygens (including phenoxy) is 4. The maximum Gasteiger partial charge on any atom is 0.340 e. The number of methoxy groups -OCH3 is 2. The Morgan fingerprint density at radius 2 is 1.49 bits per heavy atom. The summed E-state index contributed by atoms with van der Waals surface area (Å²) in [6.07, 6.45) is -0.103. The highest BCUT2D eigenvalue weighted by atomic mass is 35.5. The van der Waals surface area contributed by atoms with Crippen LogP contribution < -0.4 is 20.7 Å². The Hall–Kier alpha value is -3.76. The second kappa shape index (κ2) is 17.6. The lowest BCUT2D eigenvalue weighted by molar-refractivity contribution is -0.145. The molecule has 0 unspecified atom stereocenters. The number of nitrogens with two attached hydrogens (primary N) is 1. The number of ketones is 1. The van der Waals surface area contributed by atoms with Crippen LogP contribution in [0.3, 0.4) is 0 Å². The number of rotatable bonds is 8. The lowest BCUT2D eigenvalue weighted by atomic mass is 10.1. The SMILES string of the molecule is CCOC(=O)CC(C)=O.CCOC(=O)c1c(C)[nH]c2ccc(OC)cc12.COc1ccc(NN)cc1.Cl. The Labute approximate surface area is 223 Å². The number of Topliss-reactive ketones (excluding diaryl/α,β-unsaturated/α-hetero) is 1. The fraction of sp³-hybridized carbons (Fsp3) is 0.346. The summed E-state index contributed by atoms with van der Waals surface area (Å²) in [5.74, 6) is 5.81. The highest BCUT2D eigenvalue weighted by Gasteiger charge is 2.17. The monoisotopic (exact) mass is 537 g/mol. The number of hydrazine groups is 1. The van der Waals surface area contributed by atoms with Gasteiger partial charge in [0.2, 0.25) is 0 Å². The molecular weight excluding hydrogens is 502 g/mol. The third kappa shape index (κ3) is 11.2. The predicted octanol–water partition coefficient (Wildman–Crippen LogP) is 4.59. The number of nitrogen functional groups attached to an aromatic ring is 1. The summed E-state index contributed by atoms with van der Waals surface area (Å²) in [5.41, 5.74) is 5.70. The standard InChI is InChI=1S/C13H15NO3.C7H10N2O.C6H10O3.ClH/c1-4-17-13(15)12-8(2)14-11-6-5-9(16-3)7-10(11)12;1-10-7-4-2-6(9-8)3-5-7;1-3-9-6(8)4-5(2)7;/h5-7,14H,4H2,1-3H3;2-5,9H,8H2,1H3;3-4H2,1-2H3;1H. The molecule has 0 aliphatic heterocycles. The largest absolute Gasteiger partial charge is 0.497 e. The van der Waals surface area contributed by atoms with Crippen molar-refractivity contribution in [2.24, 2.45) is 5.84 Å². The number of carbonyl (C=O) groups is 3. The molecule has 0 aliphatic carbocycles. The molecule has 1 aromatic heterocycles. The number of aryl methyl sites for hydroxylation is 1. The Morgan fingerprint density at radius 3 is 1.97 bits per heavy atom. The number of hydrogen-bond donors (Lipinski definition) is 3. The van der Waals surface area contributed by atoms with Crippen LogP contribution in [0, 0.1) is 6.92 Å². The maximum atomic E-state index is 11.9. The van der Waals surface area contributed by atoms with Gasteiger partial charge < -0.3 is 29.4 Å². The van der Waals surface area contributed by atoms with Crippen LogP contribution in [0.1, 0.15) is 43.2 Å². The lowest BCUT2D eigenvalue weighted by Crippen LogP contribution is -2.07. The lowest BCUT2D eigenvalue weighted by Gasteiger charge is -2.02. The smallest absolute Gasteiger partial charge is 0.340 e. The molecule has 0 spiro atoms. The van der Waals surface area contributed by atoms with Crippen molar-refractivity contribution in [3.8, 4) is 11.5 Å². The summed E-state index contributed by atoms with van der Waals surface area (Å²) in [6.45, 7) is 7.43. The minimum Gasteiger partial charge on any atom is -0.497 e. The van der Waals surface area contributed by atoms with Crippen molar-refractivity contribution < 1.29 is 33.3 Å². The van der Waals surface area contributed by atoms with Gasteiger partial charge in [0.05, 0.1) is 33.0 Å². The number of halogens is 1. The van der Waals surface area contributed by atoms with Gasteiger partial charge in [-0.05, 0) is 70.2 Å². The Kier molecular flexibility index (Phi) is 15.8. The molecule has 0 amide bonds. The molecule has 4 N–H and O–H groups in total. The minimum absolute atomic E-state index is 0. The van der Waals surface area contributed by atoms with Gasteiger partial charge in [0.1, 0.15) is 23.7 Å². The van der Waals surface area contributed by atoms with Crippen molar-refractivity contribution in [2.75, 3.05) is 32.9 Å². The van der Waals surface area contributed by atoms with Crippen molar-refractivity contribution in [1.29, 1.82) is 0 Å². The van der Waals surface area contributed by atoms with Crippen molar-refractivity contribution in [2.45, 2.75) is 34.1 Å². The van der Waals surface area contributed by atoms with E-state index < -0.39 is 5.97 Å². The van der Waals surface area contributed by atoms with Gasteiger partial charge in [-0.1, -0.05) is 0 Å². The molecule has 11 heteroatoms. The molecule has 3 aromatic rings. The van der Waals surface area contributed by atoms with Gasteiger partial charge in [0.25, 0.3) is 0 Å². The molecule has 0 aliphatic rings. The zero-order chi connectivity index (χ0) is 27.1. The first kappa shape index (κ1) is 33.2. The fourth-order valence-electron chi connectivity index (χ4n) is 3.00. The van der Waals surface area contributed by atoms with Gasteiger partial charge >= 0.3 is 11.9 Å². The Morgan fingerprint density at radius 1 is 0.919 bits per heavy atom. The van der Waals surface area contributed by atoms with Gasteiger partial charge in [-0.3, -0.25) is 15.4 Å². The molecule has 0 atom stereocenters. The zero-order valence-corrected chi connectivity index (χ0v) is 22.8. The number of aromatic nitrogens is 1. The quantitative estimate of drug-likeness (QED) is 0.163. The van der Waals surface area contributed by atoms with Crippen molar-refractivity contribution in [3.05, 3.63) is 53.7 Å². The number of benzene rings is 2. The van der Waals surface area contributed by atoms with E-state index in [4.69, 9.17) is 20.1 Å². The van der Waals surface area contributed by atoms with E-state index in [2.05, 4.69) is 15.1 Å². The topological polar surface area (TPSA) is 142 Å². The molecule has 0 saturated carbocycles. The van der Waals surface area contributed by atoms with Crippen LogP contribution >= 0.6 is 12.4 Å². The van der Waals surface area contributed by atoms with Crippen LogP contribution in [0.25, 0.3) is 10.9 Å². The summed E-state index contributed by atoms with van der Waals surface area (Å²) in [7, 11) is 3.23. The molecule has 37 heavy (non-hydrogen) atoms. The Bertz CT molecular complexity index is 1110. The molecule has 0 fully saturated rings. The van der Waals surface area contributed by atoms with Gasteiger partial charge in [0, 0.05) is 22.3 Å². The highest BCUT2D eigenvalue weighted by molar-refractivity contribution is 6.05. The second-order valence-electron chi connectivity index (χ2n) is 7.31. The molecule has 0 bridgehead atoms. The van der Waals surface area contributed by atoms with E-state index in [0.717, 1.165) is 33.8 Å². The molecular formula is C26H36ClN3O7. The van der Waals surface area contributed by atoms with Crippen LogP contribution in [0.5, 0.6) is 11.5 Å². The van der Waals surface area contributed by atoms with E-state index in [1.54, 1.807) is 28.1 Å². The summed E-state index contributed by atoms with van der Waals surface area (Å²) in [5, 5.41) is 0.834. The fourth-order valence-corrected chi connectivity index (χ4v) is 3.00. The number of H-pyrrole nitrogens is 1. The molecule has 3 rings (SSSR count). The van der Waals surface area contributed by atoms with Crippen LogP contribution in [-0.4, -0.2) is 50.1 Å². The number of esters is 2. The van der Waals surface area contributed by atoms with E-state index in [0.29, 0.717) is 18.8 Å². The first-order chi connectivity index (χ1) is 17.2. The minimum atomic E-state index is -0.440. The first-order valence-corrected chi connectivity index (χ1v) is 11.3.